The Morgan fingerprint density at radius 2 is 1.47 bits per heavy atom. The van der Waals surface area contributed by atoms with Crippen LogP contribution >= 0.6 is 0 Å². The number of hydrogen-bond donors (Lipinski definition) is 1. The largest absolute Gasteiger partial charge is 0.506 e. The minimum Gasteiger partial charge on any atom is -0.506 e. The lowest BCUT2D eigenvalue weighted by Crippen LogP contribution is -2.21. The highest BCUT2D eigenvalue weighted by Gasteiger charge is 2.19. The van der Waals surface area contributed by atoms with Crippen molar-refractivity contribution >= 4 is 22.6 Å². The normalized spacial score (nSPS) is 10.3. The van der Waals surface area contributed by atoms with Crippen LogP contribution in [0, 0.1) is 11.8 Å². The van der Waals surface area contributed by atoms with Crippen LogP contribution in [-0.2, 0) is 4.74 Å². The molecule has 0 saturated carbocycles. The predicted molar refractivity (Wildman–Crippen MR) is 133 cm³/mol. The Kier molecular flexibility index (Phi) is 6.33. The van der Waals surface area contributed by atoms with E-state index in [0.29, 0.717) is 16.5 Å². The van der Waals surface area contributed by atoms with E-state index in [1.807, 2.05) is 48.5 Å². The summed E-state index contributed by atoms with van der Waals surface area (Å²) in [7, 11) is 4.65. The molecular formula is C29H23NO4. The molecule has 0 aliphatic heterocycles. The van der Waals surface area contributed by atoms with Gasteiger partial charge in [-0.25, -0.2) is 4.79 Å². The van der Waals surface area contributed by atoms with Gasteiger partial charge in [0.15, 0.2) is 0 Å². The summed E-state index contributed by atoms with van der Waals surface area (Å²) in [5, 5.41) is 12.2. The molecule has 1 amide bonds. The molecule has 0 aliphatic rings. The van der Waals surface area contributed by atoms with Gasteiger partial charge in [-0.2, -0.15) is 0 Å². The van der Waals surface area contributed by atoms with Gasteiger partial charge in [-0.05, 0) is 46.8 Å². The molecular weight excluding hydrogens is 426 g/mol. The van der Waals surface area contributed by atoms with E-state index in [2.05, 4.69) is 11.8 Å². The number of esters is 1. The van der Waals surface area contributed by atoms with Gasteiger partial charge in [0, 0.05) is 30.6 Å². The molecule has 0 fully saturated rings. The number of nitrogens with zero attached hydrogens (tertiary/aromatic N) is 1. The molecule has 168 valence electrons. The number of aromatic hydroxyl groups is 1. The fourth-order valence-corrected chi connectivity index (χ4v) is 3.76. The molecule has 4 rings (SSSR count). The summed E-state index contributed by atoms with van der Waals surface area (Å²) in [6.45, 7) is 0. The summed E-state index contributed by atoms with van der Waals surface area (Å²) in [5.41, 5.74) is 3.77. The third-order valence-electron chi connectivity index (χ3n) is 5.52. The van der Waals surface area contributed by atoms with E-state index in [0.717, 1.165) is 22.1 Å². The highest BCUT2D eigenvalue weighted by Crippen LogP contribution is 2.37. The van der Waals surface area contributed by atoms with E-state index in [4.69, 9.17) is 4.74 Å². The lowest BCUT2D eigenvalue weighted by molar-refractivity contribution is 0.0600. The molecule has 5 nitrogen and oxygen atoms in total. The van der Waals surface area contributed by atoms with Crippen molar-refractivity contribution in [3.8, 4) is 28.7 Å². The number of hydrogen-bond acceptors (Lipinski definition) is 4. The van der Waals surface area contributed by atoms with Crippen molar-refractivity contribution in [3.63, 3.8) is 0 Å². The van der Waals surface area contributed by atoms with Crippen molar-refractivity contribution < 1.29 is 19.4 Å². The van der Waals surface area contributed by atoms with E-state index in [9.17, 15) is 14.7 Å². The Labute approximate surface area is 198 Å². The summed E-state index contributed by atoms with van der Waals surface area (Å²) >= 11 is 0. The lowest BCUT2D eigenvalue weighted by Gasteiger charge is -2.16. The van der Waals surface area contributed by atoms with Crippen LogP contribution < -0.4 is 0 Å². The van der Waals surface area contributed by atoms with Gasteiger partial charge in [-0.1, -0.05) is 60.4 Å². The third kappa shape index (κ3) is 4.35. The van der Waals surface area contributed by atoms with Crippen molar-refractivity contribution in [1.29, 1.82) is 0 Å². The number of amides is 1. The van der Waals surface area contributed by atoms with Crippen LogP contribution in [0.5, 0.6) is 5.75 Å². The second-order valence-electron chi connectivity index (χ2n) is 7.93. The van der Waals surface area contributed by atoms with E-state index in [1.165, 1.54) is 12.0 Å². The van der Waals surface area contributed by atoms with E-state index in [-0.39, 0.29) is 17.2 Å². The number of methoxy groups -OCH3 is 1. The topological polar surface area (TPSA) is 66.8 Å². The Morgan fingerprint density at radius 3 is 2.15 bits per heavy atom. The Balaban J connectivity index is 1.75. The molecule has 0 aromatic heterocycles. The maximum atomic E-state index is 12.7. The molecule has 0 radical (unpaired) electrons. The van der Waals surface area contributed by atoms with Crippen molar-refractivity contribution in [2.45, 2.75) is 0 Å². The van der Waals surface area contributed by atoms with E-state index in [1.54, 1.807) is 44.4 Å². The maximum Gasteiger partial charge on any atom is 0.339 e. The molecule has 0 saturated heterocycles. The lowest BCUT2D eigenvalue weighted by atomic mass is 9.93. The van der Waals surface area contributed by atoms with Gasteiger partial charge in [0.2, 0.25) is 0 Å². The number of benzene rings is 4. The molecule has 0 spiro atoms. The Bertz CT molecular complexity index is 1460. The fourth-order valence-electron chi connectivity index (χ4n) is 3.76. The number of carbonyl (C=O) groups is 2. The van der Waals surface area contributed by atoms with Crippen LogP contribution in [-0.4, -0.2) is 43.1 Å². The molecule has 0 bridgehead atoms. The summed E-state index contributed by atoms with van der Waals surface area (Å²) in [5.74, 6) is 5.42. The molecule has 0 atom stereocenters. The molecule has 4 aromatic rings. The van der Waals surface area contributed by atoms with Gasteiger partial charge in [-0.15, -0.1) is 0 Å². The SMILES string of the molecule is COC(=O)c1ccccc1C#Cc1ccc(-c2cc(C(=O)N(C)C)c(O)c3ccccc23)cc1. The molecule has 1 N–H and O–H groups in total. The second-order valence-corrected chi connectivity index (χ2v) is 7.93. The van der Waals surface area contributed by atoms with Crippen LogP contribution in [0.2, 0.25) is 0 Å². The molecule has 0 heterocycles. The Morgan fingerprint density at radius 1 is 0.824 bits per heavy atom. The first-order valence-electron chi connectivity index (χ1n) is 10.7. The van der Waals surface area contributed by atoms with Crippen LogP contribution in [0.3, 0.4) is 0 Å². The summed E-state index contributed by atoms with van der Waals surface area (Å²) in [6, 6.07) is 23.9. The minimum absolute atomic E-state index is 0.0233. The quantitative estimate of drug-likeness (QED) is 0.349. The van der Waals surface area contributed by atoms with Gasteiger partial charge < -0.3 is 14.7 Å². The van der Waals surface area contributed by atoms with Crippen molar-refractivity contribution in [2.24, 2.45) is 0 Å². The van der Waals surface area contributed by atoms with Crippen molar-refractivity contribution in [2.75, 3.05) is 21.2 Å². The van der Waals surface area contributed by atoms with Gasteiger partial charge >= 0.3 is 5.97 Å². The van der Waals surface area contributed by atoms with Crippen molar-refractivity contribution in [1.82, 2.24) is 4.90 Å². The first kappa shape index (κ1) is 22.6. The average molecular weight is 450 g/mol. The standard InChI is InChI=1S/C29H23NO4/c1-30(2)28(32)26-18-25(23-10-6-7-11-24(23)27(26)31)21-16-13-19(14-17-21)12-15-20-8-4-5-9-22(20)29(33)34-3/h4-11,13-14,16-18,31H,1-3H3. The predicted octanol–water partition coefficient (Wildman–Crippen LogP) is 5.10. The zero-order valence-corrected chi connectivity index (χ0v) is 19.1. The number of rotatable bonds is 3. The molecule has 34 heavy (non-hydrogen) atoms. The third-order valence-corrected chi connectivity index (χ3v) is 5.52. The molecule has 0 unspecified atom stereocenters. The minimum atomic E-state index is -0.428. The number of ether oxygens (including phenoxy) is 1. The monoisotopic (exact) mass is 449 g/mol. The van der Waals surface area contributed by atoms with Gasteiger partial charge in [0.05, 0.1) is 18.2 Å². The molecule has 4 aromatic carbocycles. The number of carbonyl (C=O) groups excluding carboxylic acids is 2. The number of phenolic OH excluding ortho intramolecular Hbond substituents is 1. The zero-order chi connectivity index (χ0) is 24.2. The number of phenols is 1. The first-order chi connectivity index (χ1) is 16.4. The van der Waals surface area contributed by atoms with Crippen LogP contribution in [0.1, 0.15) is 31.8 Å². The maximum absolute atomic E-state index is 12.7. The summed E-state index contributed by atoms with van der Waals surface area (Å²) in [4.78, 5) is 26.1. The summed E-state index contributed by atoms with van der Waals surface area (Å²) < 4.78 is 4.83. The molecule has 5 heteroatoms. The van der Waals surface area contributed by atoms with Crippen LogP contribution in [0.15, 0.2) is 78.9 Å². The molecule has 0 aliphatic carbocycles. The average Bonchev–Trinajstić information content (AvgIpc) is 2.87. The zero-order valence-electron chi connectivity index (χ0n) is 19.1. The number of fused-ring (bicyclic) bond motifs is 1. The van der Waals surface area contributed by atoms with Crippen molar-refractivity contribution in [3.05, 3.63) is 101 Å². The van der Waals surface area contributed by atoms with Crippen LogP contribution in [0.4, 0.5) is 0 Å². The van der Waals surface area contributed by atoms with Crippen LogP contribution in [0.25, 0.3) is 21.9 Å². The highest BCUT2D eigenvalue weighted by molar-refractivity contribution is 6.09. The smallest absolute Gasteiger partial charge is 0.339 e. The van der Waals surface area contributed by atoms with Gasteiger partial charge in [-0.3, -0.25) is 4.79 Å². The highest BCUT2D eigenvalue weighted by atomic mass is 16.5. The first-order valence-corrected chi connectivity index (χ1v) is 10.7. The Hall–Kier alpha value is -4.56. The van der Waals surface area contributed by atoms with E-state index < -0.39 is 5.97 Å². The fraction of sp³-hybridized carbons (Fsp3) is 0.103. The van der Waals surface area contributed by atoms with Gasteiger partial charge in [0.25, 0.3) is 5.91 Å². The van der Waals surface area contributed by atoms with Gasteiger partial charge in [0.1, 0.15) is 5.75 Å². The second kappa shape index (κ2) is 9.51. The van der Waals surface area contributed by atoms with E-state index >= 15 is 0 Å². The summed E-state index contributed by atoms with van der Waals surface area (Å²) in [6.07, 6.45) is 0.